The molecule has 2 rings (SSSR count). The van der Waals surface area contributed by atoms with Gasteiger partial charge in [0, 0.05) is 11.0 Å². The van der Waals surface area contributed by atoms with E-state index in [1.165, 1.54) is 12.5 Å². The Morgan fingerprint density at radius 3 is 3.00 bits per heavy atom. The number of hydrogen-bond donors (Lipinski definition) is 1. The van der Waals surface area contributed by atoms with Crippen LogP contribution in [0.25, 0.3) is 11.3 Å². The number of halogens is 2. The molecule has 18 heavy (non-hydrogen) atoms. The number of nitrogens with one attached hydrogen (secondary N) is 1. The molecule has 0 amide bonds. The third kappa shape index (κ3) is 2.97. The highest BCUT2D eigenvalue weighted by Crippen LogP contribution is 2.27. The first kappa shape index (κ1) is 13.2. The minimum Gasteiger partial charge on any atom is -0.443 e. The van der Waals surface area contributed by atoms with E-state index in [-0.39, 0.29) is 5.82 Å². The van der Waals surface area contributed by atoms with E-state index in [2.05, 4.69) is 33.2 Å². The van der Waals surface area contributed by atoms with Gasteiger partial charge in [0.2, 0.25) is 0 Å². The van der Waals surface area contributed by atoms with Crippen LogP contribution >= 0.6 is 15.9 Å². The maximum atomic E-state index is 13.8. The Labute approximate surface area is 114 Å². The van der Waals surface area contributed by atoms with Crippen molar-refractivity contribution in [3.05, 3.63) is 40.6 Å². The first-order valence-corrected chi connectivity index (χ1v) is 6.60. The molecular weight excluding hydrogens is 299 g/mol. The monoisotopic (exact) mass is 312 g/mol. The van der Waals surface area contributed by atoms with E-state index < -0.39 is 0 Å². The smallest absolute Gasteiger partial charge is 0.181 e. The van der Waals surface area contributed by atoms with Gasteiger partial charge in [0.15, 0.2) is 12.2 Å². The van der Waals surface area contributed by atoms with Crippen molar-refractivity contribution in [2.24, 2.45) is 0 Å². The minimum absolute atomic E-state index is 0.321. The largest absolute Gasteiger partial charge is 0.443 e. The average molecular weight is 313 g/mol. The molecule has 1 aromatic heterocycles. The molecule has 0 saturated carbocycles. The number of aromatic nitrogens is 1. The Hall–Kier alpha value is -1.20. The van der Waals surface area contributed by atoms with Gasteiger partial charge in [-0.1, -0.05) is 22.9 Å². The van der Waals surface area contributed by atoms with E-state index in [4.69, 9.17) is 4.42 Å². The molecule has 0 saturated heterocycles. The first-order valence-electron chi connectivity index (χ1n) is 5.81. The van der Waals surface area contributed by atoms with Crippen LogP contribution in [0, 0.1) is 5.82 Å². The van der Waals surface area contributed by atoms with E-state index >= 15 is 0 Å². The number of hydrogen-bond acceptors (Lipinski definition) is 3. The molecule has 96 valence electrons. The zero-order chi connectivity index (χ0) is 13.0. The zero-order valence-corrected chi connectivity index (χ0v) is 11.6. The molecule has 1 heterocycles. The number of oxazole rings is 1. The summed E-state index contributed by atoms with van der Waals surface area (Å²) in [4.78, 5) is 4.12. The van der Waals surface area contributed by atoms with Gasteiger partial charge in [-0.15, -0.1) is 0 Å². The standard InChI is InChI=1S/C13H14BrFN2O/c1-2-5-16-7-12-13(18-8-17-12)10-4-3-9(14)6-11(10)15/h3-4,6,8,16H,2,5,7H2,1H3. The predicted molar refractivity (Wildman–Crippen MR) is 71.6 cm³/mol. The van der Waals surface area contributed by atoms with Gasteiger partial charge < -0.3 is 9.73 Å². The second-order valence-corrected chi connectivity index (χ2v) is 4.84. The first-order chi connectivity index (χ1) is 8.72. The van der Waals surface area contributed by atoms with Crippen molar-refractivity contribution in [1.82, 2.24) is 10.3 Å². The molecule has 0 radical (unpaired) electrons. The maximum Gasteiger partial charge on any atom is 0.181 e. The molecule has 0 aliphatic rings. The number of nitrogens with zero attached hydrogens (tertiary/aromatic N) is 1. The second kappa shape index (κ2) is 6.11. The summed E-state index contributed by atoms with van der Waals surface area (Å²) in [5.41, 5.74) is 1.16. The lowest BCUT2D eigenvalue weighted by atomic mass is 10.1. The molecule has 0 spiro atoms. The lowest BCUT2D eigenvalue weighted by molar-refractivity contribution is 0.558. The van der Waals surface area contributed by atoms with Crippen molar-refractivity contribution in [1.29, 1.82) is 0 Å². The van der Waals surface area contributed by atoms with Crippen molar-refractivity contribution in [2.75, 3.05) is 6.54 Å². The van der Waals surface area contributed by atoms with Crippen molar-refractivity contribution < 1.29 is 8.81 Å². The fraction of sp³-hybridized carbons (Fsp3) is 0.308. The van der Waals surface area contributed by atoms with Crippen LogP contribution in [0.4, 0.5) is 4.39 Å². The molecule has 1 aromatic carbocycles. The third-order valence-electron chi connectivity index (χ3n) is 2.54. The molecule has 0 atom stereocenters. The van der Waals surface area contributed by atoms with Crippen molar-refractivity contribution in [2.45, 2.75) is 19.9 Å². The summed E-state index contributed by atoms with van der Waals surface area (Å²) in [5.74, 6) is 0.168. The Bertz CT molecular complexity index is 527. The second-order valence-electron chi connectivity index (χ2n) is 3.93. The summed E-state index contributed by atoms with van der Waals surface area (Å²) in [7, 11) is 0. The lowest BCUT2D eigenvalue weighted by Crippen LogP contribution is -2.14. The summed E-state index contributed by atoms with van der Waals surface area (Å²) in [6.07, 6.45) is 2.39. The normalized spacial score (nSPS) is 10.8. The molecular formula is C13H14BrFN2O. The van der Waals surface area contributed by atoms with Gasteiger partial charge in [-0.2, -0.15) is 0 Å². The van der Waals surface area contributed by atoms with Crippen LogP contribution in [0.5, 0.6) is 0 Å². The van der Waals surface area contributed by atoms with E-state index in [1.807, 2.05) is 0 Å². The lowest BCUT2D eigenvalue weighted by Gasteiger charge is -2.04. The highest BCUT2D eigenvalue weighted by Gasteiger charge is 2.14. The Balaban J connectivity index is 2.25. The minimum atomic E-state index is -0.321. The zero-order valence-electron chi connectivity index (χ0n) is 10.0. The quantitative estimate of drug-likeness (QED) is 0.855. The molecule has 0 aliphatic carbocycles. The van der Waals surface area contributed by atoms with Gasteiger partial charge in [0.1, 0.15) is 11.5 Å². The van der Waals surface area contributed by atoms with Gasteiger partial charge in [0.25, 0.3) is 0 Å². The molecule has 1 N–H and O–H groups in total. The van der Waals surface area contributed by atoms with Crippen molar-refractivity contribution in [3.8, 4) is 11.3 Å². The van der Waals surface area contributed by atoms with Gasteiger partial charge in [-0.25, -0.2) is 9.37 Å². The van der Waals surface area contributed by atoms with Crippen molar-refractivity contribution in [3.63, 3.8) is 0 Å². The molecule has 3 nitrogen and oxygen atoms in total. The van der Waals surface area contributed by atoms with Crippen LogP contribution in [0.3, 0.4) is 0 Å². The van der Waals surface area contributed by atoms with E-state index in [0.717, 1.165) is 18.7 Å². The van der Waals surface area contributed by atoms with Gasteiger partial charge in [0.05, 0.1) is 5.56 Å². The molecule has 5 heteroatoms. The highest BCUT2D eigenvalue weighted by atomic mass is 79.9. The Morgan fingerprint density at radius 2 is 2.28 bits per heavy atom. The summed E-state index contributed by atoms with van der Waals surface area (Å²) in [6, 6.07) is 4.88. The fourth-order valence-corrected chi connectivity index (χ4v) is 2.00. The van der Waals surface area contributed by atoms with Crippen LogP contribution in [0.15, 0.2) is 33.5 Å². The van der Waals surface area contributed by atoms with Crippen LogP contribution in [0.2, 0.25) is 0 Å². The van der Waals surface area contributed by atoms with Crippen LogP contribution in [0.1, 0.15) is 19.0 Å². The topological polar surface area (TPSA) is 38.1 Å². The summed E-state index contributed by atoms with van der Waals surface area (Å²) < 4.78 is 19.8. The molecule has 0 fully saturated rings. The Kier molecular flexibility index (Phi) is 4.49. The average Bonchev–Trinajstić information content (AvgIpc) is 2.78. The SMILES string of the molecule is CCCNCc1ncoc1-c1ccc(Br)cc1F. The summed E-state index contributed by atoms with van der Waals surface area (Å²) in [5, 5.41) is 3.22. The van der Waals surface area contributed by atoms with E-state index in [0.29, 0.717) is 22.3 Å². The van der Waals surface area contributed by atoms with Gasteiger partial charge >= 0.3 is 0 Å². The van der Waals surface area contributed by atoms with Crippen LogP contribution in [-0.2, 0) is 6.54 Å². The maximum absolute atomic E-state index is 13.8. The number of benzene rings is 1. The van der Waals surface area contributed by atoms with Gasteiger partial charge in [-0.3, -0.25) is 0 Å². The summed E-state index contributed by atoms with van der Waals surface area (Å²) >= 11 is 3.23. The summed E-state index contributed by atoms with van der Waals surface area (Å²) in [6.45, 7) is 3.56. The van der Waals surface area contributed by atoms with Crippen LogP contribution in [-0.4, -0.2) is 11.5 Å². The number of rotatable bonds is 5. The Morgan fingerprint density at radius 1 is 1.44 bits per heavy atom. The predicted octanol–water partition coefficient (Wildman–Crippen LogP) is 3.74. The molecule has 2 aromatic rings. The van der Waals surface area contributed by atoms with Crippen LogP contribution < -0.4 is 5.32 Å². The van der Waals surface area contributed by atoms with Gasteiger partial charge in [-0.05, 0) is 31.2 Å². The fourth-order valence-electron chi connectivity index (χ4n) is 1.67. The van der Waals surface area contributed by atoms with E-state index in [9.17, 15) is 4.39 Å². The molecule has 0 aliphatic heterocycles. The highest BCUT2D eigenvalue weighted by molar-refractivity contribution is 9.10. The van der Waals surface area contributed by atoms with E-state index in [1.54, 1.807) is 12.1 Å². The third-order valence-corrected chi connectivity index (χ3v) is 3.03. The van der Waals surface area contributed by atoms with Crippen molar-refractivity contribution >= 4 is 15.9 Å². The molecule has 0 unspecified atom stereocenters. The molecule has 0 bridgehead atoms.